The Bertz CT molecular complexity index is 379. The lowest BCUT2D eigenvalue weighted by molar-refractivity contribution is -0.148. The van der Waals surface area contributed by atoms with Gasteiger partial charge in [-0.15, -0.1) is 0 Å². The number of carbonyl (C=O) groups excluding carboxylic acids is 1. The number of nitrogens with one attached hydrogen (secondary N) is 1. The second kappa shape index (κ2) is 9.39. The maximum atomic E-state index is 11.0. The minimum Gasteiger partial charge on any atom is -0.464 e. The monoisotopic (exact) mass is 265 g/mol. The Morgan fingerprint density at radius 1 is 1.26 bits per heavy atom. The van der Waals surface area contributed by atoms with E-state index in [1.54, 1.807) is 6.92 Å². The molecule has 106 valence electrons. The molecule has 0 aliphatic carbocycles. The van der Waals surface area contributed by atoms with Crippen LogP contribution in [0.15, 0.2) is 24.3 Å². The van der Waals surface area contributed by atoms with Crippen LogP contribution in [0.5, 0.6) is 0 Å². The normalized spacial score (nSPS) is 10.2. The minimum absolute atomic E-state index is 0.0200. The van der Waals surface area contributed by atoms with Crippen molar-refractivity contribution in [3.05, 3.63) is 29.8 Å². The minimum atomic E-state index is -0.311. The maximum Gasteiger partial charge on any atom is 0.332 e. The van der Waals surface area contributed by atoms with Crippen molar-refractivity contribution < 1.29 is 14.3 Å². The van der Waals surface area contributed by atoms with Gasteiger partial charge in [0.25, 0.3) is 0 Å². The Balaban J connectivity index is 2.24. The van der Waals surface area contributed by atoms with Crippen molar-refractivity contribution >= 4 is 11.7 Å². The molecule has 0 saturated carbocycles. The zero-order valence-corrected chi connectivity index (χ0v) is 11.8. The highest BCUT2D eigenvalue weighted by Crippen LogP contribution is 2.16. The van der Waals surface area contributed by atoms with E-state index < -0.39 is 0 Å². The predicted octanol–water partition coefficient (Wildman–Crippen LogP) is 2.63. The fourth-order valence-corrected chi connectivity index (χ4v) is 1.80. The largest absolute Gasteiger partial charge is 0.464 e. The van der Waals surface area contributed by atoms with E-state index in [2.05, 4.69) is 24.4 Å². The number of benzene rings is 1. The van der Waals surface area contributed by atoms with E-state index in [1.807, 2.05) is 12.1 Å². The van der Waals surface area contributed by atoms with Crippen LogP contribution in [0.2, 0.25) is 0 Å². The van der Waals surface area contributed by atoms with Crippen LogP contribution < -0.4 is 5.32 Å². The van der Waals surface area contributed by atoms with Gasteiger partial charge in [-0.2, -0.15) is 0 Å². The van der Waals surface area contributed by atoms with E-state index in [-0.39, 0.29) is 12.6 Å². The van der Waals surface area contributed by atoms with Crippen LogP contribution >= 0.6 is 0 Å². The Hall–Kier alpha value is -1.55. The Kier molecular flexibility index (Phi) is 7.66. The number of ether oxygens (including phenoxy) is 2. The molecule has 0 saturated heterocycles. The zero-order chi connectivity index (χ0) is 13.9. The lowest BCUT2D eigenvalue weighted by Gasteiger charge is -2.11. The summed E-state index contributed by atoms with van der Waals surface area (Å²) < 4.78 is 10.0. The van der Waals surface area contributed by atoms with Crippen molar-refractivity contribution in [1.82, 2.24) is 0 Å². The van der Waals surface area contributed by atoms with Gasteiger partial charge in [-0.05, 0) is 25.0 Å². The molecule has 4 heteroatoms. The third-order valence-electron chi connectivity index (χ3n) is 2.62. The number of anilines is 1. The van der Waals surface area contributed by atoms with Crippen LogP contribution in [-0.2, 0) is 20.7 Å². The van der Waals surface area contributed by atoms with E-state index in [0.717, 1.165) is 18.5 Å². The highest BCUT2D eigenvalue weighted by molar-refractivity contribution is 5.70. The Morgan fingerprint density at radius 3 is 2.79 bits per heavy atom. The molecule has 0 aliphatic heterocycles. The van der Waals surface area contributed by atoms with Crippen LogP contribution in [0.3, 0.4) is 0 Å². The topological polar surface area (TPSA) is 47.6 Å². The number of hydrogen-bond acceptors (Lipinski definition) is 4. The SMILES string of the molecule is CCCc1ccccc1NCCOCC(=O)OCC. The van der Waals surface area contributed by atoms with E-state index >= 15 is 0 Å². The predicted molar refractivity (Wildman–Crippen MR) is 76.4 cm³/mol. The molecule has 0 aromatic heterocycles. The van der Waals surface area contributed by atoms with E-state index in [1.165, 1.54) is 5.56 Å². The van der Waals surface area contributed by atoms with Gasteiger partial charge in [0, 0.05) is 12.2 Å². The van der Waals surface area contributed by atoms with Crippen LogP contribution in [0.1, 0.15) is 25.8 Å². The summed E-state index contributed by atoms with van der Waals surface area (Å²) in [5, 5.41) is 3.33. The quantitative estimate of drug-likeness (QED) is 0.551. The average molecular weight is 265 g/mol. The lowest BCUT2D eigenvalue weighted by atomic mass is 10.1. The first-order valence-corrected chi connectivity index (χ1v) is 6.83. The van der Waals surface area contributed by atoms with Crippen molar-refractivity contribution in [2.24, 2.45) is 0 Å². The Morgan fingerprint density at radius 2 is 2.05 bits per heavy atom. The summed E-state index contributed by atoms with van der Waals surface area (Å²) in [5.41, 5.74) is 2.46. The molecule has 4 nitrogen and oxygen atoms in total. The molecule has 0 fully saturated rings. The summed E-state index contributed by atoms with van der Waals surface area (Å²) in [5.74, 6) is -0.311. The fourth-order valence-electron chi connectivity index (χ4n) is 1.80. The summed E-state index contributed by atoms with van der Waals surface area (Å²) in [6.45, 7) is 5.53. The van der Waals surface area contributed by atoms with Crippen molar-refractivity contribution in [3.63, 3.8) is 0 Å². The second-order valence-corrected chi connectivity index (χ2v) is 4.19. The van der Waals surface area contributed by atoms with Crippen LogP contribution in [-0.4, -0.2) is 32.3 Å². The van der Waals surface area contributed by atoms with E-state index in [9.17, 15) is 4.79 Å². The molecule has 1 rings (SSSR count). The van der Waals surface area contributed by atoms with Crippen molar-refractivity contribution in [2.45, 2.75) is 26.7 Å². The molecule has 0 aliphatic rings. The summed E-state index contributed by atoms with van der Waals surface area (Å²) in [6, 6.07) is 8.26. The van der Waals surface area contributed by atoms with Crippen molar-refractivity contribution in [1.29, 1.82) is 0 Å². The highest BCUT2D eigenvalue weighted by Gasteiger charge is 2.02. The molecular weight excluding hydrogens is 242 g/mol. The number of para-hydroxylation sites is 1. The molecule has 0 spiro atoms. The molecule has 0 amide bonds. The molecule has 1 aromatic carbocycles. The van der Waals surface area contributed by atoms with Crippen molar-refractivity contribution in [2.75, 3.05) is 31.7 Å². The van der Waals surface area contributed by atoms with Crippen molar-refractivity contribution in [3.8, 4) is 0 Å². The molecule has 0 heterocycles. The molecule has 0 radical (unpaired) electrons. The molecule has 1 aromatic rings. The number of hydrogen-bond donors (Lipinski definition) is 1. The highest BCUT2D eigenvalue weighted by atomic mass is 16.6. The van der Waals surface area contributed by atoms with Gasteiger partial charge < -0.3 is 14.8 Å². The van der Waals surface area contributed by atoms with Crippen LogP contribution in [0, 0.1) is 0 Å². The first-order valence-electron chi connectivity index (χ1n) is 6.83. The molecular formula is C15H23NO3. The van der Waals surface area contributed by atoms with Gasteiger partial charge in [0.05, 0.1) is 13.2 Å². The standard InChI is InChI=1S/C15H23NO3/c1-3-7-13-8-5-6-9-14(13)16-10-11-18-12-15(17)19-4-2/h5-6,8-9,16H,3-4,7,10-12H2,1-2H3. The second-order valence-electron chi connectivity index (χ2n) is 4.19. The molecule has 0 unspecified atom stereocenters. The van der Waals surface area contributed by atoms with Gasteiger partial charge in [-0.1, -0.05) is 31.5 Å². The number of carbonyl (C=O) groups is 1. The third kappa shape index (κ3) is 6.25. The molecule has 0 bridgehead atoms. The molecule has 19 heavy (non-hydrogen) atoms. The van der Waals surface area contributed by atoms with E-state index in [4.69, 9.17) is 9.47 Å². The van der Waals surface area contributed by atoms with E-state index in [0.29, 0.717) is 19.8 Å². The average Bonchev–Trinajstić information content (AvgIpc) is 2.41. The van der Waals surface area contributed by atoms with Gasteiger partial charge >= 0.3 is 5.97 Å². The van der Waals surface area contributed by atoms with Crippen LogP contribution in [0.25, 0.3) is 0 Å². The van der Waals surface area contributed by atoms with Gasteiger partial charge in [0.2, 0.25) is 0 Å². The smallest absolute Gasteiger partial charge is 0.332 e. The summed E-state index contributed by atoms with van der Waals surface area (Å²) in [4.78, 5) is 11.0. The number of esters is 1. The number of aryl methyl sites for hydroxylation is 1. The first kappa shape index (κ1) is 15.5. The number of rotatable bonds is 9. The maximum absolute atomic E-state index is 11.0. The Labute approximate surface area is 115 Å². The fraction of sp³-hybridized carbons (Fsp3) is 0.533. The zero-order valence-electron chi connectivity index (χ0n) is 11.8. The van der Waals surface area contributed by atoms with Gasteiger partial charge in [-0.3, -0.25) is 0 Å². The first-order chi connectivity index (χ1) is 9.27. The van der Waals surface area contributed by atoms with Crippen LogP contribution in [0.4, 0.5) is 5.69 Å². The summed E-state index contributed by atoms with van der Waals surface area (Å²) >= 11 is 0. The van der Waals surface area contributed by atoms with Gasteiger partial charge in [0.1, 0.15) is 6.61 Å². The molecule has 1 N–H and O–H groups in total. The summed E-state index contributed by atoms with van der Waals surface area (Å²) in [7, 11) is 0. The molecule has 0 atom stereocenters. The summed E-state index contributed by atoms with van der Waals surface area (Å²) in [6.07, 6.45) is 2.19. The van der Waals surface area contributed by atoms with Gasteiger partial charge in [-0.25, -0.2) is 4.79 Å². The third-order valence-corrected chi connectivity index (χ3v) is 2.62. The van der Waals surface area contributed by atoms with Gasteiger partial charge in [0.15, 0.2) is 0 Å². The lowest BCUT2D eigenvalue weighted by Crippen LogP contribution is -2.17.